The molecule has 1 aromatic carbocycles. The van der Waals surface area contributed by atoms with E-state index in [2.05, 4.69) is 57.1 Å². The summed E-state index contributed by atoms with van der Waals surface area (Å²) in [6.07, 6.45) is 0. The smallest absolute Gasteiger partial charge is 0.0398 e. The topological polar surface area (TPSA) is 29.3 Å². The maximum Gasteiger partial charge on any atom is 0.0398 e. The van der Waals surface area contributed by atoms with Crippen molar-refractivity contribution in [3.63, 3.8) is 0 Å². The third-order valence-electron chi connectivity index (χ3n) is 2.81. The zero-order valence-electron chi connectivity index (χ0n) is 9.24. The van der Waals surface area contributed by atoms with Crippen molar-refractivity contribution in [3.8, 4) is 0 Å². The van der Waals surface area contributed by atoms with Crippen LogP contribution in [0.1, 0.15) is 19.4 Å². The maximum absolute atomic E-state index is 5.47. The lowest BCUT2D eigenvalue weighted by molar-refractivity contribution is 0.197. The van der Waals surface area contributed by atoms with Crippen LogP contribution in [0.25, 0.3) is 0 Å². The van der Waals surface area contributed by atoms with Gasteiger partial charge in [0.25, 0.3) is 0 Å². The van der Waals surface area contributed by atoms with Crippen molar-refractivity contribution >= 4 is 11.9 Å². The summed E-state index contributed by atoms with van der Waals surface area (Å²) >= 11 is 1.28. The van der Waals surface area contributed by atoms with E-state index in [0.29, 0.717) is 0 Å². The van der Waals surface area contributed by atoms with Gasteiger partial charge in [0.05, 0.1) is 0 Å². The largest absolute Gasteiger partial charge is 0.300 e. The quantitative estimate of drug-likeness (QED) is 0.777. The first-order valence-electron chi connectivity index (χ1n) is 4.63. The molecule has 0 atom stereocenters. The van der Waals surface area contributed by atoms with Gasteiger partial charge in [0.2, 0.25) is 0 Å². The molecule has 14 heavy (non-hydrogen) atoms. The van der Waals surface area contributed by atoms with E-state index in [-0.39, 0.29) is 5.54 Å². The lowest BCUT2D eigenvalue weighted by Crippen LogP contribution is -2.35. The number of benzene rings is 1. The molecule has 0 bridgehead atoms. The fourth-order valence-electron chi connectivity index (χ4n) is 1.20. The summed E-state index contributed by atoms with van der Waals surface area (Å²) in [4.78, 5) is 3.31. The van der Waals surface area contributed by atoms with E-state index < -0.39 is 0 Å². The first kappa shape index (κ1) is 11.6. The summed E-state index contributed by atoms with van der Waals surface area (Å²) in [7, 11) is 4.18. The van der Waals surface area contributed by atoms with E-state index in [1.54, 1.807) is 0 Å². The third kappa shape index (κ3) is 2.29. The molecular formula is C11H18N2S. The van der Waals surface area contributed by atoms with E-state index in [4.69, 9.17) is 5.14 Å². The summed E-state index contributed by atoms with van der Waals surface area (Å²) in [6, 6.07) is 8.39. The molecule has 0 aromatic heterocycles. The zero-order chi connectivity index (χ0) is 10.8. The van der Waals surface area contributed by atoms with Crippen LogP contribution < -0.4 is 5.14 Å². The minimum Gasteiger partial charge on any atom is -0.300 e. The summed E-state index contributed by atoms with van der Waals surface area (Å²) in [5, 5.41) is 5.47. The number of hydrogen-bond donors (Lipinski definition) is 1. The second kappa shape index (κ2) is 4.34. The van der Waals surface area contributed by atoms with Crippen LogP contribution in [0, 0.1) is 0 Å². The molecule has 2 nitrogen and oxygen atoms in total. The van der Waals surface area contributed by atoms with Crippen molar-refractivity contribution < 1.29 is 0 Å². The van der Waals surface area contributed by atoms with E-state index in [1.165, 1.54) is 17.5 Å². The lowest BCUT2D eigenvalue weighted by atomic mass is 9.93. The molecule has 0 radical (unpaired) electrons. The molecule has 0 unspecified atom stereocenters. The van der Waals surface area contributed by atoms with Crippen LogP contribution in [0.15, 0.2) is 29.2 Å². The minimum atomic E-state index is 0.0673. The Balaban J connectivity index is 2.97. The molecule has 3 heteroatoms. The SMILES string of the molecule is CN(C)C(C)(C)c1ccc(SN)cc1. The third-order valence-corrected chi connectivity index (χ3v) is 3.36. The van der Waals surface area contributed by atoms with Gasteiger partial charge in [0.15, 0.2) is 0 Å². The van der Waals surface area contributed by atoms with Crippen LogP contribution in [0.5, 0.6) is 0 Å². The molecular weight excluding hydrogens is 192 g/mol. The van der Waals surface area contributed by atoms with Gasteiger partial charge in [-0.1, -0.05) is 12.1 Å². The predicted molar refractivity (Wildman–Crippen MR) is 63.2 cm³/mol. The van der Waals surface area contributed by atoms with Gasteiger partial charge in [-0.3, -0.25) is 5.14 Å². The van der Waals surface area contributed by atoms with Gasteiger partial charge in [-0.05, 0) is 57.6 Å². The molecule has 0 aliphatic rings. The second-order valence-electron chi connectivity index (χ2n) is 4.10. The molecule has 0 saturated carbocycles. The molecule has 2 N–H and O–H groups in total. The van der Waals surface area contributed by atoms with Crippen molar-refractivity contribution in [3.05, 3.63) is 29.8 Å². The molecule has 78 valence electrons. The van der Waals surface area contributed by atoms with Crippen LogP contribution in [0.4, 0.5) is 0 Å². The molecule has 0 spiro atoms. The van der Waals surface area contributed by atoms with Gasteiger partial charge in [0, 0.05) is 10.4 Å². The van der Waals surface area contributed by atoms with Gasteiger partial charge in [-0.15, -0.1) is 0 Å². The van der Waals surface area contributed by atoms with E-state index in [9.17, 15) is 0 Å². The average Bonchev–Trinajstić information content (AvgIpc) is 2.17. The highest BCUT2D eigenvalue weighted by Crippen LogP contribution is 2.26. The van der Waals surface area contributed by atoms with Crippen LogP contribution in [0.3, 0.4) is 0 Å². The standard InChI is InChI=1S/C11H18N2S/c1-11(2,13(3)4)9-5-7-10(14-12)8-6-9/h5-8H,12H2,1-4H3. The number of nitrogens with zero attached hydrogens (tertiary/aromatic N) is 1. The number of hydrogen-bond acceptors (Lipinski definition) is 3. The Labute approximate surface area is 90.6 Å². The van der Waals surface area contributed by atoms with Crippen LogP contribution in [0.2, 0.25) is 0 Å². The van der Waals surface area contributed by atoms with E-state index in [0.717, 1.165) is 4.90 Å². The van der Waals surface area contributed by atoms with Crippen LogP contribution >= 0.6 is 11.9 Å². The zero-order valence-corrected chi connectivity index (χ0v) is 10.1. The normalized spacial score (nSPS) is 12.1. The molecule has 0 saturated heterocycles. The Kier molecular flexibility index (Phi) is 3.59. The fourth-order valence-corrected chi connectivity index (χ4v) is 1.49. The molecule has 0 fully saturated rings. The second-order valence-corrected chi connectivity index (χ2v) is 4.80. The van der Waals surface area contributed by atoms with Crippen LogP contribution in [-0.2, 0) is 5.54 Å². The van der Waals surface area contributed by atoms with Crippen molar-refractivity contribution in [1.29, 1.82) is 0 Å². The predicted octanol–water partition coefficient (Wildman–Crippen LogP) is 2.45. The van der Waals surface area contributed by atoms with Crippen LogP contribution in [-0.4, -0.2) is 19.0 Å². The van der Waals surface area contributed by atoms with Crippen molar-refractivity contribution in [2.75, 3.05) is 14.1 Å². The highest BCUT2D eigenvalue weighted by Gasteiger charge is 2.22. The Hall–Kier alpha value is -0.510. The highest BCUT2D eigenvalue weighted by molar-refractivity contribution is 7.97. The van der Waals surface area contributed by atoms with Crippen molar-refractivity contribution in [2.24, 2.45) is 5.14 Å². The Bertz CT molecular complexity index is 291. The minimum absolute atomic E-state index is 0.0673. The monoisotopic (exact) mass is 210 g/mol. The van der Waals surface area contributed by atoms with E-state index >= 15 is 0 Å². The lowest BCUT2D eigenvalue weighted by Gasteiger charge is -2.33. The van der Waals surface area contributed by atoms with Crippen molar-refractivity contribution in [1.82, 2.24) is 4.90 Å². The number of rotatable bonds is 3. The Morgan fingerprint density at radius 3 is 2.00 bits per heavy atom. The first-order valence-corrected chi connectivity index (χ1v) is 5.51. The summed E-state index contributed by atoms with van der Waals surface area (Å²) in [5.74, 6) is 0. The summed E-state index contributed by atoms with van der Waals surface area (Å²) in [6.45, 7) is 4.41. The van der Waals surface area contributed by atoms with Gasteiger partial charge in [-0.25, -0.2) is 0 Å². The van der Waals surface area contributed by atoms with Gasteiger partial charge < -0.3 is 4.90 Å². The molecule has 1 rings (SSSR count). The van der Waals surface area contributed by atoms with Gasteiger partial charge >= 0.3 is 0 Å². The highest BCUT2D eigenvalue weighted by atomic mass is 32.2. The summed E-state index contributed by atoms with van der Waals surface area (Å²) in [5.41, 5.74) is 1.37. The fraction of sp³-hybridized carbons (Fsp3) is 0.455. The molecule has 0 amide bonds. The first-order chi connectivity index (χ1) is 6.48. The van der Waals surface area contributed by atoms with Crippen molar-refractivity contribution in [2.45, 2.75) is 24.3 Å². The molecule has 0 aliphatic carbocycles. The average molecular weight is 210 g/mol. The molecule has 0 heterocycles. The Morgan fingerprint density at radius 2 is 1.64 bits per heavy atom. The molecule has 1 aromatic rings. The molecule has 0 aliphatic heterocycles. The van der Waals surface area contributed by atoms with Gasteiger partial charge in [-0.2, -0.15) is 0 Å². The van der Waals surface area contributed by atoms with E-state index in [1.807, 2.05) is 0 Å². The van der Waals surface area contributed by atoms with Gasteiger partial charge in [0.1, 0.15) is 0 Å². The summed E-state index contributed by atoms with van der Waals surface area (Å²) < 4.78 is 0. The Morgan fingerprint density at radius 1 is 1.14 bits per heavy atom. The number of nitrogens with two attached hydrogens (primary N) is 1. The maximum atomic E-state index is 5.47.